The van der Waals surface area contributed by atoms with Crippen molar-refractivity contribution in [3.63, 3.8) is 0 Å². The lowest BCUT2D eigenvalue weighted by molar-refractivity contribution is 0.191. The Morgan fingerprint density at radius 2 is 1.62 bits per heavy atom. The zero-order valence-corrected chi connectivity index (χ0v) is 15.9. The van der Waals surface area contributed by atoms with Crippen molar-refractivity contribution >= 4 is 11.6 Å². The molecule has 1 aliphatic carbocycles. The number of fused-ring (bicyclic) bond motifs is 1. The molecular formula is C24H30O2. The molecule has 0 aliphatic heterocycles. The van der Waals surface area contributed by atoms with E-state index in [0.717, 1.165) is 44.6 Å². The number of rotatable bonds is 9. The number of methoxy groups -OCH3 is 1. The third-order valence-electron chi connectivity index (χ3n) is 5.02. The minimum Gasteiger partial charge on any atom is -0.493 e. The molecule has 0 N–H and O–H groups in total. The molecule has 3 rings (SSSR count). The van der Waals surface area contributed by atoms with Gasteiger partial charge in [-0.15, -0.1) is 0 Å². The maximum atomic E-state index is 6.15. The van der Waals surface area contributed by atoms with Gasteiger partial charge in [-0.2, -0.15) is 0 Å². The largest absolute Gasteiger partial charge is 0.493 e. The predicted octanol–water partition coefficient (Wildman–Crippen LogP) is 6.15. The summed E-state index contributed by atoms with van der Waals surface area (Å²) in [5.41, 5.74) is 5.46. The van der Waals surface area contributed by atoms with Gasteiger partial charge in [-0.25, -0.2) is 0 Å². The van der Waals surface area contributed by atoms with Gasteiger partial charge in [0.1, 0.15) is 5.75 Å². The zero-order valence-electron chi connectivity index (χ0n) is 15.9. The Morgan fingerprint density at radius 3 is 2.42 bits per heavy atom. The van der Waals surface area contributed by atoms with Gasteiger partial charge in [0.25, 0.3) is 0 Å². The molecule has 0 saturated carbocycles. The first-order valence-corrected chi connectivity index (χ1v) is 9.88. The van der Waals surface area contributed by atoms with E-state index in [1.807, 2.05) is 0 Å². The molecule has 2 heteroatoms. The number of benzene rings is 2. The van der Waals surface area contributed by atoms with Crippen LogP contribution in [0.1, 0.15) is 55.2 Å². The van der Waals surface area contributed by atoms with Gasteiger partial charge >= 0.3 is 0 Å². The summed E-state index contributed by atoms with van der Waals surface area (Å²) >= 11 is 0. The fraction of sp³-hybridized carbons (Fsp3) is 0.417. The maximum absolute atomic E-state index is 6.15. The van der Waals surface area contributed by atoms with Crippen LogP contribution >= 0.6 is 0 Å². The lowest BCUT2D eigenvalue weighted by Gasteiger charge is -2.13. The zero-order chi connectivity index (χ0) is 18.0. The van der Waals surface area contributed by atoms with Crippen LogP contribution in [0, 0.1) is 0 Å². The molecule has 2 aromatic carbocycles. The Balaban J connectivity index is 1.63. The molecule has 0 aromatic heterocycles. The summed E-state index contributed by atoms with van der Waals surface area (Å²) in [5, 5.41) is 0. The van der Waals surface area contributed by atoms with Gasteiger partial charge in [0.2, 0.25) is 0 Å². The minimum atomic E-state index is 0.804. The van der Waals surface area contributed by atoms with Crippen LogP contribution in [0.4, 0.5) is 0 Å². The van der Waals surface area contributed by atoms with Crippen molar-refractivity contribution in [2.24, 2.45) is 0 Å². The van der Waals surface area contributed by atoms with Crippen molar-refractivity contribution in [2.75, 3.05) is 20.3 Å². The molecule has 138 valence electrons. The molecule has 0 unspecified atom stereocenters. The lowest BCUT2D eigenvalue weighted by atomic mass is 10.0. The van der Waals surface area contributed by atoms with E-state index in [9.17, 15) is 0 Å². The van der Waals surface area contributed by atoms with Crippen molar-refractivity contribution in [3.05, 3.63) is 65.2 Å². The molecular weight excluding hydrogens is 320 g/mol. The number of hydrogen-bond donors (Lipinski definition) is 0. The highest BCUT2D eigenvalue weighted by molar-refractivity contribution is 5.83. The van der Waals surface area contributed by atoms with Crippen molar-refractivity contribution in [3.8, 4) is 5.75 Å². The van der Waals surface area contributed by atoms with E-state index in [1.165, 1.54) is 41.5 Å². The van der Waals surface area contributed by atoms with Crippen LogP contribution in [0.2, 0.25) is 0 Å². The molecule has 26 heavy (non-hydrogen) atoms. The first kappa shape index (κ1) is 18.7. The van der Waals surface area contributed by atoms with Crippen LogP contribution < -0.4 is 4.74 Å². The molecule has 0 bridgehead atoms. The van der Waals surface area contributed by atoms with E-state index in [2.05, 4.69) is 54.6 Å². The summed E-state index contributed by atoms with van der Waals surface area (Å²) in [6.45, 7) is 1.67. The Morgan fingerprint density at radius 1 is 0.808 bits per heavy atom. The van der Waals surface area contributed by atoms with Crippen molar-refractivity contribution in [2.45, 2.75) is 44.9 Å². The van der Waals surface area contributed by atoms with Crippen LogP contribution in [0.5, 0.6) is 5.75 Å². The van der Waals surface area contributed by atoms with Crippen molar-refractivity contribution in [1.82, 2.24) is 0 Å². The Labute approximate surface area is 157 Å². The average Bonchev–Trinajstić information content (AvgIpc) is 2.91. The average molecular weight is 351 g/mol. The van der Waals surface area contributed by atoms with Gasteiger partial charge in [-0.3, -0.25) is 0 Å². The molecule has 0 spiro atoms. The highest BCUT2D eigenvalue weighted by Gasteiger charge is 2.14. The molecule has 0 saturated heterocycles. The predicted molar refractivity (Wildman–Crippen MR) is 110 cm³/mol. The molecule has 0 atom stereocenters. The van der Waals surface area contributed by atoms with E-state index in [-0.39, 0.29) is 0 Å². The molecule has 2 aromatic rings. The SMILES string of the molecule is COCCCCCCOc1cccc2c1CCCC(c1ccccc1)=C2. The maximum Gasteiger partial charge on any atom is 0.123 e. The van der Waals surface area contributed by atoms with Gasteiger partial charge in [0.05, 0.1) is 6.61 Å². The second-order valence-corrected chi connectivity index (χ2v) is 6.97. The van der Waals surface area contributed by atoms with E-state index in [4.69, 9.17) is 9.47 Å². The third-order valence-corrected chi connectivity index (χ3v) is 5.02. The number of hydrogen-bond acceptors (Lipinski definition) is 2. The van der Waals surface area contributed by atoms with Crippen LogP contribution in [0.3, 0.4) is 0 Å². The molecule has 2 nitrogen and oxygen atoms in total. The van der Waals surface area contributed by atoms with E-state index in [1.54, 1.807) is 7.11 Å². The summed E-state index contributed by atoms with van der Waals surface area (Å²) in [5.74, 6) is 1.07. The second-order valence-electron chi connectivity index (χ2n) is 6.97. The number of ether oxygens (including phenoxy) is 2. The summed E-state index contributed by atoms with van der Waals surface area (Å²) < 4.78 is 11.2. The van der Waals surface area contributed by atoms with Crippen molar-refractivity contribution < 1.29 is 9.47 Å². The van der Waals surface area contributed by atoms with Crippen molar-refractivity contribution in [1.29, 1.82) is 0 Å². The van der Waals surface area contributed by atoms with Crippen LogP contribution in [0.25, 0.3) is 11.6 Å². The fourth-order valence-corrected chi connectivity index (χ4v) is 3.60. The summed E-state index contributed by atoms with van der Waals surface area (Å²) in [6.07, 6.45) is 10.4. The number of allylic oxidation sites excluding steroid dienone is 1. The molecule has 0 heterocycles. The summed E-state index contributed by atoms with van der Waals surface area (Å²) in [7, 11) is 1.77. The van der Waals surface area contributed by atoms with E-state index < -0.39 is 0 Å². The van der Waals surface area contributed by atoms with Gasteiger partial charge in [0.15, 0.2) is 0 Å². The monoisotopic (exact) mass is 350 g/mol. The fourth-order valence-electron chi connectivity index (χ4n) is 3.60. The first-order chi connectivity index (χ1) is 12.9. The van der Waals surface area contributed by atoms with Gasteiger partial charge in [0, 0.05) is 19.3 Å². The third kappa shape index (κ3) is 5.22. The second kappa shape index (κ2) is 10.2. The Bertz CT molecular complexity index is 703. The molecule has 0 fully saturated rings. The summed E-state index contributed by atoms with van der Waals surface area (Å²) in [4.78, 5) is 0. The van der Waals surface area contributed by atoms with Crippen LogP contribution in [-0.4, -0.2) is 20.3 Å². The minimum absolute atomic E-state index is 0.804. The van der Waals surface area contributed by atoms with Gasteiger partial charge in [-0.1, -0.05) is 55.0 Å². The standard InChI is InChI=1S/C24H30O2/c1-25-17-7-2-3-8-18-26-24-16-10-14-22-19-21(13-9-15-23(22)24)20-11-5-4-6-12-20/h4-6,10-12,14,16,19H,2-3,7-9,13,15,17-18H2,1H3. The Kier molecular flexibility index (Phi) is 7.33. The van der Waals surface area contributed by atoms with E-state index >= 15 is 0 Å². The number of unbranched alkanes of at least 4 members (excludes halogenated alkanes) is 3. The normalized spacial score (nSPS) is 13.7. The van der Waals surface area contributed by atoms with Gasteiger partial charge < -0.3 is 9.47 Å². The molecule has 1 aliphatic rings. The van der Waals surface area contributed by atoms with Gasteiger partial charge in [-0.05, 0) is 61.3 Å². The highest BCUT2D eigenvalue weighted by Crippen LogP contribution is 2.33. The lowest BCUT2D eigenvalue weighted by Crippen LogP contribution is -2.02. The smallest absolute Gasteiger partial charge is 0.123 e. The van der Waals surface area contributed by atoms with E-state index in [0.29, 0.717) is 0 Å². The van der Waals surface area contributed by atoms with Crippen LogP contribution in [-0.2, 0) is 11.2 Å². The topological polar surface area (TPSA) is 18.5 Å². The summed E-state index contributed by atoms with van der Waals surface area (Å²) in [6, 6.07) is 17.2. The van der Waals surface area contributed by atoms with Crippen LogP contribution in [0.15, 0.2) is 48.5 Å². The first-order valence-electron chi connectivity index (χ1n) is 9.88. The highest BCUT2D eigenvalue weighted by atomic mass is 16.5. The molecule has 0 radical (unpaired) electrons. The Hall–Kier alpha value is -2.06. The quantitative estimate of drug-likeness (QED) is 0.505. The molecule has 0 amide bonds.